The summed E-state index contributed by atoms with van der Waals surface area (Å²) in [6.07, 6.45) is 2.23. The summed E-state index contributed by atoms with van der Waals surface area (Å²) >= 11 is 7.94. The maximum atomic E-state index is 4.51. The Kier molecular flexibility index (Phi) is 8.89. The molecule has 0 saturated carbocycles. The molecule has 0 aliphatic carbocycles. The second-order valence-electron chi connectivity index (χ2n) is 7.49. The third-order valence-electron chi connectivity index (χ3n) is 5.35. The van der Waals surface area contributed by atoms with Crippen molar-refractivity contribution in [2.75, 3.05) is 0 Å². The Hall–Kier alpha value is -1.12. The van der Waals surface area contributed by atoms with Crippen molar-refractivity contribution in [1.29, 1.82) is 0 Å². The van der Waals surface area contributed by atoms with Crippen molar-refractivity contribution in [3.63, 3.8) is 0 Å². The number of alkyl halides is 1. The summed E-state index contributed by atoms with van der Waals surface area (Å²) in [5.74, 6) is 0. The molecule has 0 nitrogen and oxygen atoms in total. The molecule has 0 amide bonds. The van der Waals surface area contributed by atoms with Gasteiger partial charge in [0.05, 0.1) is 0 Å². The van der Waals surface area contributed by atoms with Crippen molar-refractivity contribution in [3.8, 4) is 0 Å². The molecule has 165 valence electrons. The van der Waals surface area contributed by atoms with Gasteiger partial charge in [0, 0.05) is 0 Å². The zero-order chi connectivity index (χ0) is 22.2. The first-order valence-electron chi connectivity index (χ1n) is 10.8. The van der Waals surface area contributed by atoms with E-state index in [4.69, 9.17) is 0 Å². The number of hydrogen-bond donors (Lipinski definition) is 0. The number of hydrogen-bond acceptors (Lipinski definition) is 0. The van der Waals surface area contributed by atoms with Gasteiger partial charge in [-0.15, -0.1) is 0 Å². The first kappa shape index (κ1) is 24.0. The Labute approximate surface area is 213 Å². The van der Waals surface area contributed by atoms with Gasteiger partial charge < -0.3 is 0 Å². The molecule has 0 saturated heterocycles. The summed E-state index contributed by atoms with van der Waals surface area (Å²) in [5.41, 5.74) is 0. The van der Waals surface area contributed by atoms with E-state index in [1.54, 1.807) is 0 Å². The molecule has 0 aliphatic rings. The fourth-order valence-electron chi connectivity index (χ4n) is 4.00. The molecule has 4 aromatic rings. The fourth-order valence-corrected chi connectivity index (χ4v) is 14.0. The Balaban J connectivity index is 1.97. The third-order valence-corrected chi connectivity index (χ3v) is 14.7. The second-order valence-corrected chi connectivity index (χ2v) is 16.1. The molecule has 4 rings (SSSR count). The van der Waals surface area contributed by atoms with Gasteiger partial charge in [-0.2, -0.15) is 0 Å². The Bertz CT molecular complexity index is 913. The van der Waals surface area contributed by atoms with Crippen molar-refractivity contribution in [2.45, 2.75) is 21.5 Å². The average Bonchev–Trinajstić information content (AvgIpc) is 2.86. The van der Waals surface area contributed by atoms with Crippen molar-refractivity contribution in [2.24, 2.45) is 0 Å². The van der Waals surface area contributed by atoms with E-state index in [2.05, 4.69) is 156 Å². The average molecular weight is 611 g/mol. The summed E-state index contributed by atoms with van der Waals surface area (Å²) in [7, 11) is -1.33. The molecule has 4 aromatic carbocycles. The van der Waals surface area contributed by atoms with Crippen molar-refractivity contribution >= 4 is 53.0 Å². The third kappa shape index (κ3) is 5.50. The molecule has 0 bridgehead atoms. The topological polar surface area (TPSA) is 0 Å². The van der Waals surface area contributed by atoms with Crippen LogP contribution in [-0.2, 0) is 19.2 Å². The van der Waals surface area contributed by atoms with Gasteiger partial charge in [0.2, 0.25) is 0 Å². The van der Waals surface area contributed by atoms with E-state index in [1.165, 1.54) is 21.2 Å². The first-order valence-corrected chi connectivity index (χ1v) is 15.3. The van der Waals surface area contributed by atoms with Crippen LogP contribution >= 0.6 is 31.8 Å². The number of rotatable bonds is 9. The Morgan fingerprint density at radius 3 is 1.06 bits per heavy atom. The van der Waals surface area contributed by atoms with E-state index >= 15 is 0 Å². The number of benzene rings is 4. The van der Waals surface area contributed by atoms with Crippen molar-refractivity contribution in [3.05, 3.63) is 121 Å². The SMILES string of the molecule is BrC(CC[CH2][Pd])(P(c1ccccc1)c1ccccc1)P(c1ccccc1)c1ccccc1. The summed E-state index contributed by atoms with van der Waals surface area (Å²) in [4.78, 5) is 1.04. The van der Waals surface area contributed by atoms with Gasteiger partial charge in [0.15, 0.2) is 0 Å². The van der Waals surface area contributed by atoms with Crippen LogP contribution in [0.4, 0.5) is 0 Å². The molecule has 0 unspecified atom stereocenters. The monoisotopic (exact) mass is 609 g/mol. The zero-order valence-corrected chi connectivity index (χ0v) is 22.7. The normalized spacial score (nSPS) is 11.8. The van der Waals surface area contributed by atoms with Gasteiger partial charge in [-0.05, 0) is 0 Å². The molecule has 0 aliphatic heterocycles. The summed E-state index contributed by atoms with van der Waals surface area (Å²) in [5, 5.41) is 5.68. The van der Waals surface area contributed by atoms with Crippen LogP contribution in [0.3, 0.4) is 0 Å². The first-order chi connectivity index (χ1) is 15.7. The van der Waals surface area contributed by atoms with Gasteiger partial charge in [-0.3, -0.25) is 0 Å². The fraction of sp³-hybridized carbons (Fsp3) is 0.143. The zero-order valence-electron chi connectivity index (χ0n) is 17.8. The maximum absolute atomic E-state index is 4.51. The van der Waals surface area contributed by atoms with Gasteiger partial charge in [-0.25, -0.2) is 0 Å². The molecule has 0 spiro atoms. The summed E-state index contributed by atoms with van der Waals surface area (Å²) in [6.45, 7) is 0. The molecule has 0 heterocycles. The second kappa shape index (κ2) is 11.8. The Morgan fingerprint density at radius 2 is 0.812 bits per heavy atom. The molecular weight excluding hydrogens is 585 g/mol. The molecule has 0 atom stereocenters. The summed E-state index contributed by atoms with van der Waals surface area (Å²) < 4.78 is -0.0805. The Morgan fingerprint density at radius 1 is 0.531 bits per heavy atom. The van der Waals surface area contributed by atoms with E-state index in [1.807, 2.05) is 0 Å². The summed E-state index contributed by atoms with van der Waals surface area (Å²) in [6, 6.07) is 44.4. The predicted octanol–water partition coefficient (Wildman–Crippen LogP) is 7.05. The van der Waals surface area contributed by atoms with Crippen LogP contribution < -0.4 is 21.2 Å². The van der Waals surface area contributed by atoms with Crippen LogP contribution in [0, 0.1) is 0 Å². The van der Waals surface area contributed by atoms with Crippen LogP contribution in [0.1, 0.15) is 12.8 Å². The van der Waals surface area contributed by atoms with Crippen molar-refractivity contribution < 1.29 is 19.2 Å². The van der Waals surface area contributed by atoms with E-state index < -0.39 is 15.8 Å². The molecule has 0 fully saturated rings. The van der Waals surface area contributed by atoms with Gasteiger partial charge in [0.1, 0.15) is 0 Å². The van der Waals surface area contributed by atoms with Crippen LogP contribution in [-0.4, -0.2) is 3.81 Å². The van der Waals surface area contributed by atoms with Crippen LogP contribution in [0.5, 0.6) is 0 Å². The number of halogens is 1. The van der Waals surface area contributed by atoms with Gasteiger partial charge in [-0.1, -0.05) is 0 Å². The van der Waals surface area contributed by atoms with Crippen LogP contribution in [0.25, 0.3) is 0 Å². The molecule has 4 heteroatoms. The standard InChI is InChI=1S/C28H26BrP2.Pd/c1-2-23-28(29,30(24-15-7-3-8-16-24)25-17-9-4-10-18-25)31(26-19-11-5-12-20-26)27-21-13-6-14-22-27;/h3-22H,1-2,23H2;. The molecule has 0 radical (unpaired) electrons. The van der Waals surface area contributed by atoms with Gasteiger partial charge >= 0.3 is 215 Å². The predicted molar refractivity (Wildman–Crippen MR) is 144 cm³/mol. The van der Waals surface area contributed by atoms with E-state index in [0.717, 1.165) is 17.7 Å². The van der Waals surface area contributed by atoms with Crippen LogP contribution in [0.15, 0.2) is 121 Å². The van der Waals surface area contributed by atoms with E-state index in [0.29, 0.717) is 0 Å². The molecular formula is C28H26BrP2Pd. The van der Waals surface area contributed by atoms with E-state index in [-0.39, 0.29) is 3.81 Å². The minimum atomic E-state index is -0.666. The quantitative estimate of drug-likeness (QED) is 0.108. The van der Waals surface area contributed by atoms with Crippen LogP contribution in [0.2, 0.25) is 4.89 Å². The van der Waals surface area contributed by atoms with Crippen molar-refractivity contribution in [1.82, 2.24) is 0 Å². The molecule has 0 aromatic heterocycles. The molecule has 32 heavy (non-hydrogen) atoms. The van der Waals surface area contributed by atoms with Gasteiger partial charge in [0.25, 0.3) is 0 Å². The molecule has 0 N–H and O–H groups in total. The minimum absolute atomic E-state index is 0.0805. The van der Waals surface area contributed by atoms with E-state index in [9.17, 15) is 0 Å².